The van der Waals surface area contributed by atoms with Gasteiger partial charge in [-0.3, -0.25) is 19.2 Å². The highest BCUT2D eigenvalue weighted by Gasteiger charge is 2.41. The fourth-order valence-electron chi connectivity index (χ4n) is 5.01. The van der Waals surface area contributed by atoms with Crippen molar-refractivity contribution in [3.8, 4) is 0 Å². The molecule has 0 bridgehead atoms. The van der Waals surface area contributed by atoms with Crippen LogP contribution in [0.5, 0.6) is 0 Å². The smallest absolute Gasteiger partial charge is 0.317 e. The number of carbonyl (C=O) groups excluding carboxylic acids is 1. The topological polar surface area (TPSA) is 174 Å². The number of aliphatic hydroxyl groups excluding tert-OH is 3. The summed E-state index contributed by atoms with van der Waals surface area (Å²) in [7, 11) is 0. The van der Waals surface area contributed by atoms with Gasteiger partial charge in [-0.15, -0.1) is 0 Å². The number of ether oxygens (including phenoxy) is 1. The molecule has 1 heterocycles. The van der Waals surface area contributed by atoms with E-state index in [1.165, 1.54) is 5.06 Å². The van der Waals surface area contributed by atoms with E-state index in [0.717, 1.165) is 23.6 Å². The number of hydrogen-bond acceptors (Lipinski definition) is 8. The Morgan fingerprint density at radius 1 is 0.854 bits per heavy atom. The van der Waals surface area contributed by atoms with Crippen LogP contribution in [-0.2, 0) is 19.2 Å². The summed E-state index contributed by atoms with van der Waals surface area (Å²) < 4.78 is 5.67. The maximum atomic E-state index is 13.4. The first-order valence-electron chi connectivity index (χ1n) is 14.2. The van der Waals surface area contributed by atoms with Crippen LogP contribution in [0.25, 0.3) is 10.8 Å². The van der Waals surface area contributed by atoms with Gasteiger partial charge in [-0.2, -0.15) is 0 Å². The van der Waals surface area contributed by atoms with E-state index in [1.54, 1.807) is 13.0 Å². The summed E-state index contributed by atoms with van der Waals surface area (Å²) in [5, 5.41) is 51.5. The van der Waals surface area contributed by atoms with E-state index in [2.05, 4.69) is 0 Å². The summed E-state index contributed by atoms with van der Waals surface area (Å²) in [6.45, 7) is 2.12. The summed E-state index contributed by atoms with van der Waals surface area (Å²) in [4.78, 5) is 41.3. The van der Waals surface area contributed by atoms with Crippen molar-refractivity contribution in [2.24, 2.45) is 5.92 Å². The summed E-state index contributed by atoms with van der Waals surface area (Å²) in [5.41, 5.74) is 0.469. The molecule has 1 aliphatic rings. The number of carboxylic acids is 2. The zero-order valence-electron chi connectivity index (χ0n) is 23.3. The zero-order valence-corrected chi connectivity index (χ0v) is 23.3. The lowest BCUT2D eigenvalue weighted by molar-refractivity contribution is -0.219. The van der Waals surface area contributed by atoms with Crippen molar-refractivity contribution in [2.45, 2.75) is 88.8 Å². The van der Waals surface area contributed by atoms with Gasteiger partial charge in [0.15, 0.2) is 5.92 Å². The lowest BCUT2D eigenvalue weighted by Gasteiger charge is -2.39. The lowest BCUT2D eigenvalue weighted by Crippen LogP contribution is -2.56. The minimum atomic E-state index is -1.38. The van der Waals surface area contributed by atoms with E-state index in [0.29, 0.717) is 37.7 Å². The number of unbranched alkanes of at least 4 members (excludes halogenated alkanes) is 4. The standard InChI is InChI=1S/C30H41NO10/c1-19-25(32)27(34)26(33)24(41-19)13-9-16-31(28(35)22-15-14-20-10-6-7-11-21(20)18-22)40-17-8-4-2-3-5-12-23(29(36)37)30(38)39/h6-7,10-11,14-15,18-19,23-27,32-34H,2-5,8-9,12-13,16-17H2,1H3,(H,36,37)(H,38,39)/t19-,24-,25+,26+,27+/m0/s1. The Hall–Kier alpha value is -3.09. The van der Waals surface area contributed by atoms with Crippen LogP contribution < -0.4 is 0 Å². The number of hydroxylamine groups is 2. The summed E-state index contributed by atoms with van der Waals surface area (Å²) in [5.74, 6) is -4.34. The predicted octanol–water partition coefficient (Wildman–Crippen LogP) is 2.99. The van der Waals surface area contributed by atoms with Gasteiger partial charge in [0.1, 0.15) is 18.3 Å². The molecule has 0 radical (unpaired) electrons. The number of fused-ring (bicyclic) bond motifs is 1. The molecule has 41 heavy (non-hydrogen) atoms. The molecule has 3 rings (SSSR count). The number of aliphatic carboxylic acids is 2. The van der Waals surface area contributed by atoms with Gasteiger partial charge in [0, 0.05) is 12.1 Å². The number of carbonyl (C=O) groups is 3. The zero-order chi connectivity index (χ0) is 29.9. The number of amides is 1. The Bertz CT molecular complexity index is 1140. The van der Waals surface area contributed by atoms with Gasteiger partial charge in [0.25, 0.3) is 5.91 Å². The molecule has 0 aliphatic carbocycles. The summed E-state index contributed by atoms with van der Waals surface area (Å²) in [6.07, 6.45) is -0.826. The molecule has 11 nitrogen and oxygen atoms in total. The molecule has 1 amide bonds. The Morgan fingerprint density at radius 2 is 1.51 bits per heavy atom. The van der Waals surface area contributed by atoms with E-state index >= 15 is 0 Å². The number of carboxylic acid groups (broad SMARTS) is 2. The predicted molar refractivity (Wildman–Crippen MR) is 149 cm³/mol. The van der Waals surface area contributed by atoms with E-state index < -0.39 is 48.4 Å². The van der Waals surface area contributed by atoms with Gasteiger partial charge >= 0.3 is 11.9 Å². The average Bonchev–Trinajstić information content (AvgIpc) is 2.95. The molecule has 11 heteroatoms. The first-order chi connectivity index (χ1) is 19.6. The Kier molecular flexibility index (Phi) is 12.5. The molecule has 0 spiro atoms. The monoisotopic (exact) mass is 575 g/mol. The largest absolute Gasteiger partial charge is 0.481 e. The fourth-order valence-corrected chi connectivity index (χ4v) is 5.01. The van der Waals surface area contributed by atoms with Gasteiger partial charge in [-0.1, -0.05) is 56.0 Å². The molecule has 1 aliphatic heterocycles. The quantitative estimate of drug-likeness (QED) is 0.114. The second-order valence-corrected chi connectivity index (χ2v) is 10.6. The highest BCUT2D eigenvalue weighted by molar-refractivity contribution is 5.98. The summed E-state index contributed by atoms with van der Waals surface area (Å²) >= 11 is 0. The SMILES string of the molecule is C[C@@H]1O[C@@H](CCCN(OCCCCCCCC(C(=O)O)C(=O)O)C(=O)c2ccc3ccccc3c2)[C@@H](O)[C@H](O)[C@@H]1O. The first-order valence-corrected chi connectivity index (χ1v) is 14.2. The highest BCUT2D eigenvalue weighted by Crippen LogP contribution is 2.24. The van der Waals surface area contributed by atoms with E-state index in [9.17, 15) is 29.7 Å². The van der Waals surface area contributed by atoms with Crippen molar-refractivity contribution in [3.05, 3.63) is 48.0 Å². The van der Waals surface area contributed by atoms with E-state index in [4.69, 9.17) is 19.8 Å². The Labute approximate surface area is 239 Å². The minimum Gasteiger partial charge on any atom is -0.481 e. The van der Waals surface area contributed by atoms with Crippen molar-refractivity contribution >= 4 is 28.6 Å². The molecule has 0 unspecified atom stereocenters. The van der Waals surface area contributed by atoms with Crippen LogP contribution >= 0.6 is 0 Å². The van der Waals surface area contributed by atoms with Crippen LogP contribution in [-0.4, -0.2) is 92.1 Å². The van der Waals surface area contributed by atoms with Crippen molar-refractivity contribution in [2.75, 3.05) is 13.2 Å². The van der Waals surface area contributed by atoms with Crippen LogP contribution in [0.3, 0.4) is 0 Å². The maximum absolute atomic E-state index is 13.4. The number of hydrogen-bond donors (Lipinski definition) is 5. The first kappa shape index (κ1) is 32.4. The second-order valence-electron chi connectivity index (χ2n) is 10.6. The average molecular weight is 576 g/mol. The third-order valence-electron chi connectivity index (χ3n) is 7.50. The second kappa shape index (κ2) is 15.8. The number of benzene rings is 2. The van der Waals surface area contributed by atoms with Crippen molar-refractivity contribution in [1.82, 2.24) is 5.06 Å². The molecule has 0 saturated carbocycles. The van der Waals surface area contributed by atoms with Crippen LogP contribution in [0.1, 0.15) is 68.6 Å². The molecule has 5 atom stereocenters. The van der Waals surface area contributed by atoms with E-state index in [-0.39, 0.29) is 25.5 Å². The maximum Gasteiger partial charge on any atom is 0.317 e. The lowest BCUT2D eigenvalue weighted by atomic mass is 9.93. The Balaban J connectivity index is 1.52. The fraction of sp³-hybridized carbons (Fsp3) is 0.567. The van der Waals surface area contributed by atoms with Crippen molar-refractivity contribution in [1.29, 1.82) is 0 Å². The van der Waals surface area contributed by atoms with Gasteiger partial charge < -0.3 is 30.3 Å². The van der Waals surface area contributed by atoms with Gasteiger partial charge in [0.2, 0.25) is 0 Å². The molecule has 5 N–H and O–H groups in total. The summed E-state index contributed by atoms with van der Waals surface area (Å²) in [6, 6.07) is 13.1. The molecule has 2 aromatic carbocycles. The van der Waals surface area contributed by atoms with Crippen LogP contribution in [0.4, 0.5) is 0 Å². The highest BCUT2D eigenvalue weighted by atomic mass is 16.7. The molecular weight excluding hydrogens is 534 g/mol. The number of rotatable bonds is 16. The number of aliphatic hydroxyl groups is 3. The molecule has 2 aromatic rings. The third kappa shape index (κ3) is 9.20. The van der Waals surface area contributed by atoms with Crippen LogP contribution in [0.2, 0.25) is 0 Å². The number of nitrogens with zero attached hydrogens (tertiary/aromatic N) is 1. The van der Waals surface area contributed by atoms with Crippen molar-refractivity contribution in [3.63, 3.8) is 0 Å². The van der Waals surface area contributed by atoms with E-state index in [1.807, 2.05) is 36.4 Å². The van der Waals surface area contributed by atoms with Crippen LogP contribution in [0.15, 0.2) is 42.5 Å². The van der Waals surface area contributed by atoms with Crippen LogP contribution in [0, 0.1) is 5.92 Å². The third-order valence-corrected chi connectivity index (χ3v) is 7.50. The molecular formula is C30H41NO10. The molecule has 1 fully saturated rings. The van der Waals surface area contributed by atoms with Gasteiger partial charge in [-0.05, 0) is 55.5 Å². The Morgan fingerprint density at radius 3 is 2.22 bits per heavy atom. The normalized spacial score (nSPS) is 22.6. The van der Waals surface area contributed by atoms with Gasteiger partial charge in [0.05, 0.1) is 18.8 Å². The minimum absolute atomic E-state index is 0.0867. The van der Waals surface area contributed by atoms with Gasteiger partial charge in [-0.25, -0.2) is 5.06 Å². The van der Waals surface area contributed by atoms with Crippen molar-refractivity contribution < 1.29 is 49.5 Å². The molecule has 0 aromatic heterocycles. The molecule has 1 saturated heterocycles. The molecule has 226 valence electrons.